The number of hydrogen-bond acceptors (Lipinski definition) is 4. The zero-order valence-corrected chi connectivity index (χ0v) is 15.9. The Bertz CT molecular complexity index is 1150. The standard InChI is InChI=1S/C22H21FN4O2/c23-19-7-6-14(11-20-16-4-1-2-5-17(16)21(28)25-24-20)10-18(19)22(29)27-12-15(13-27)26-8-3-9-26/h1-2,4-7,10,15H,3,8-9,11-13H2,(H,25,28). The normalized spacial score (nSPS) is 17.2. The van der Waals surface area contributed by atoms with Crippen molar-refractivity contribution < 1.29 is 9.18 Å². The first-order valence-corrected chi connectivity index (χ1v) is 9.88. The third-order valence-corrected chi connectivity index (χ3v) is 5.96. The van der Waals surface area contributed by atoms with E-state index in [-0.39, 0.29) is 17.0 Å². The summed E-state index contributed by atoms with van der Waals surface area (Å²) in [5, 5.41) is 8.01. The lowest BCUT2D eigenvalue weighted by atomic mass is 9.99. The summed E-state index contributed by atoms with van der Waals surface area (Å²) in [6.45, 7) is 3.51. The van der Waals surface area contributed by atoms with Crippen LogP contribution < -0.4 is 5.56 Å². The highest BCUT2D eigenvalue weighted by molar-refractivity contribution is 5.95. The molecule has 6 nitrogen and oxygen atoms in total. The highest BCUT2D eigenvalue weighted by Gasteiger charge is 2.37. The van der Waals surface area contributed by atoms with Crippen LogP contribution in [0.2, 0.25) is 0 Å². The van der Waals surface area contributed by atoms with Crippen LogP contribution >= 0.6 is 0 Å². The van der Waals surface area contributed by atoms with E-state index in [1.807, 2.05) is 12.1 Å². The molecule has 7 heteroatoms. The van der Waals surface area contributed by atoms with E-state index in [4.69, 9.17) is 0 Å². The Labute approximate surface area is 166 Å². The minimum absolute atomic E-state index is 0.0956. The Hall–Kier alpha value is -3.06. The molecule has 2 aliphatic heterocycles. The Morgan fingerprint density at radius 1 is 1.14 bits per heavy atom. The zero-order chi connectivity index (χ0) is 20.0. The number of carbonyl (C=O) groups excluding carboxylic acids is 1. The van der Waals surface area contributed by atoms with Gasteiger partial charge in [0, 0.05) is 30.9 Å². The summed E-state index contributed by atoms with van der Waals surface area (Å²) in [5.74, 6) is -0.772. The predicted molar refractivity (Wildman–Crippen MR) is 107 cm³/mol. The van der Waals surface area contributed by atoms with Crippen molar-refractivity contribution in [3.63, 3.8) is 0 Å². The van der Waals surface area contributed by atoms with Gasteiger partial charge in [-0.1, -0.05) is 24.3 Å². The second kappa shape index (κ2) is 7.08. The second-order valence-electron chi connectivity index (χ2n) is 7.79. The van der Waals surface area contributed by atoms with Gasteiger partial charge in [-0.15, -0.1) is 0 Å². The molecular formula is C22H21FN4O2. The van der Waals surface area contributed by atoms with E-state index < -0.39 is 5.82 Å². The largest absolute Gasteiger partial charge is 0.335 e. The van der Waals surface area contributed by atoms with E-state index in [9.17, 15) is 14.0 Å². The van der Waals surface area contributed by atoms with Gasteiger partial charge in [-0.3, -0.25) is 14.5 Å². The molecule has 0 radical (unpaired) electrons. The molecule has 0 spiro atoms. The highest BCUT2D eigenvalue weighted by atomic mass is 19.1. The molecule has 148 valence electrons. The number of nitrogens with zero attached hydrogens (tertiary/aromatic N) is 3. The Morgan fingerprint density at radius 3 is 2.62 bits per heavy atom. The van der Waals surface area contributed by atoms with Crippen molar-refractivity contribution in [1.29, 1.82) is 0 Å². The number of aromatic nitrogens is 2. The quantitative estimate of drug-likeness (QED) is 0.739. The summed E-state index contributed by atoms with van der Waals surface area (Å²) in [5.41, 5.74) is 1.32. The molecule has 2 saturated heterocycles. The molecule has 1 amide bonds. The first-order chi connectivity index (χ1) is 14.1. The maximum Gasteiger partial charge on any atom is 0.272 e. The molecule has 1 N–H and O–H groups in total. The fourth-order valence-corrected chi connectivity index (χ4v) is 4.07. The Morgan fingerprint density at radius 2 is 1.90 bits per heavy atom. The lowest BCUT2D eigenvalue weighted by Gasteiger charge is -2.49. The minimum atomic E-state index is -0.509. The minimum Gasteiger partial charge on any atom is -0.335 e. The molecule has 29 heavy (non-hydrogen) atoms. The first kappa shape index (κ1) is 18.0. The molecule has 1 aromatic heterocycles. The van der Waals surface area contributed by atoms with Gasteiger partial charge >= 0.3 is 0 Å². The summed E-state index contributed by atoms with van der Waals surface area (Å²) < 4.78 is 14.4. The Balaban J connectivity index is 1.38. The maximum atomic E-state index is 14.4. The SMILES string of the molecule is O=C(c1cc(Cc2n[nH]c(=O)c3ccccc23)ccc1F)N1CC(N2CCC2)C1. The fraction of sp³-hybridized carbons (Fsp3) is 0.318. The third-order valence-electron chi connectivity index (χ3n) is 5.96. The predicted octanol–water partition coefficient (Wildman–Crippen LogP) is 2.18. The average molecular weight is 392 g/mol. The van der Waals surface area contributed by atoms with Crippen LogP contribution in [-0.2, 0) is 6.42 Å². The molecule has 3 heterocycles. The molecule has 2 fully saturated rings. The lowest BCUT2D eigenvalue weighted by molar-refractivity contribution is 0.00389. The molecule has 0 atom stereocenters. The lowest BCUT2D eigenvalue weighted by Crippen LogP contribution is -2.64. The van der Waals surface area contributed by atoms with E-state index in [1.165, 1.54) is 12.5 Å². The summed E-state index contributed by atoms with van der Waals surface area (Å²) in [6, 6.07) is 12.3. The third kappa shape index (κ3) is 3.21. The fourth-order valence-electron chi connectivity index (χ4n) is 4.07. The highest BCUT2D eigenvalue weighted by Crippen LogP contribution is 2.24. The number of H-pyrrole nitrogens is 1. The summed E-state index contributed by atoms with van der Waals surface area (Å²) in [4.78, 5) is 28.8. The van der Waals surface area contributed by atoms with Crippen molar-refractivity contribution in [1.82, 2.24) is 20.0 Å². The summed E-state index contributed by atoms with van der Waals surface area (Å²) >= 11 is 0. The summed E-state index contributed by atoms with van der Waals surface area (Å²) in [6.07, 6.45) is 1.61. The van der Waals surface area contributed by atoms with Crippen LogP contribution in [0.5, 0.6) is 0 Å². The van der Waals surface area contributed by atoms with Crippen LogP contribution in [0.3, 0.4) is 0 Å². The monoisotopic (exact) mass is 392 g/mol. The number of fused-ring (bicyclic) bond motifs is 1. The summed E-state index contributed by atoms with van der Waals surface area (Å²) in [7, 11) is 0. The van der Waals surface area contributed by atoms with Gasteiger partial charge in [0.05, 0.1) is 16.6 Å². The molecule has 0 unspecified atom stereocenters. The Kier molecular flexibility index (Phi) is 4.39. The van der Waals surface area contributed by atoms with E-state index in [0.717, 1.165) is 24.0 Å². The van der Waals surface area contributed by atoms with Gasteiger partial charge in [0.2, 0.25) is 0 Å². The van der Waals surface area contributed by atoms with E-state index in [0.29, 0.717) is 36.6 Å². The molecule has 3 aromatic rings. The van der Waals surface area contributed by atoms with Crippen molar-refractivity contribution >= 4 is 16.7 Å². The van der Waals surface area contributed by atoms with Gasteiger partial charge in [0.1, 0.15) is 5.82 Å². The van der Waals surface area contributed by atoms with E-state index in [2.05, 4.69) is 15.1 Å². The number of nitrogens with one attached hydrogen (secondary N) is 1. The van der Waals surface area contributed by atoms with Crippen molar-refractivity contribution in [2.75, 3.05) is 26.2 Å². The van der Waals surface area contributed by atoms with E-state index >= 15 is 0 Å². The molecule has 0 saturated carbocycles. The molecule has 0 aliphatic carbocycles. The van der Waals surface area contributed by atoms with Crippen molar-refractivity contribution in [3.05, 3.63) is 75.5 Å². The van der Waals surface area contributed by atoms with Crippen LogP contribution in [0, 0.1) is 5.82 Å². The molecule has 0 bridgehead atoms. The second-order valence-corrected chi connectivity index (χ2v) is 7.79. The maximum absolute atomic E-state index is 14.4. The van der Waals surface area contributed by atoms with Crippen molar-refractivity contribution in [2.24, 2.45) is 0 Å². The first-order valence-electron chi connectivity index (χ1n) is 9.88. The van der Waals surface area contributed by atoms with Gasteiger partial charge in [-0.25, -0.2) is 9.49 Å². The van der Waals surface area contributed by atoms with Gasteiger partial charge in [0.25, 0.3) is 11.5 Å². The number of hydrogen-bond donors (Lipinski definition) is 1. The number of halogens is 1. The van der Waals surface area contributed by atoms with Crippen LogP contribution in [-0.4, -0.2) is 58.1 Å². The van der Waals surface area contributed by atoms with Gasteiger partial charge in [0.15, 0.2) is 0 Å². The van der Waals surface area contributed by atoms with Crippen molar-refractivity contribution in [3.8, 4) is 0 Å². The molecule has 2 aliphatic rings. The smallest absolute Gasteiger partial charge is 0.272 e. The number of amides is 1. The average Bonchev–Trinajstić information content (AvgIpc) is 2.66. The molecule has 2 aromatic carbocycles. The van der Waals surface area contributed by atoms with Crippen LogP contribution in [0.4, 0.5) is 4.39 Å². The van der Waals surface area contributed by atoms with Crippen LogP contribution in [0.1, 0.15) is 28.0 Å². The zero-order valence-electron chi connectivity index (χ0n) is 15.9. The van der Waals surface area contributed by atoms with Crippen LogP contribution in [0.25, 0.3) is 10.8 Å². The number of aromatic amines is 1. The number of carbonyl (C=O) groups is 1. The topological polar surface area (TPSA) is 69.3 Å². The molecule has 5 rings (SSSR count). The van der Waals surface area contributed by atoms with Gasteiger partial charge in [-0.2, -0.15) is 5.10 Å². The van der Waals surface area contributed by atoms with Crippen LogP contribution in [0.15, 0.2) is 47.3 Å². The van der Waals surface area contributed by atoms with E-state index in [1.54, 1.807) is 29.2 Å². The van der Waals surface area contributed by atoms with Gasteiger partial charge < -0.3 is 4.90 Å². The number of likely N-dealkylation sites (tertiary alicyclic amines) is 2. The number of benzene rings is 2. The number of rotatable bonds is 4. The molecular weight excluding hydrogens is 371 g/mol. The van der Waals surface area contributed by atoms with Gasteiger partial charge in [-0.05, 0) is 43.3 Å². The van der Waals surface area contributed by atoms with Crippen molar-refractivity contribution in [2.45, 2.75) is 18.9 Å².